The molecule has 0 aliphatic carbocycles. The molecule has 0 saturated heterocycles. The van der Waals surface area contributed by atoms with Gasteiger partial charge in [0.05, 0.1) is 18.8 Å². The highest BCUT2D eigenvalue weighted by atomic mass is 16.3. The highest BCUT2D eigenvalue weighted by Gasteiger charge is 2.17. The zero-order valence-corrected chi connectivity index (χ0v) is 39.3. The lowest BCUT2D eigenvalue weighted by Crippen LogP contribution is -2.45. The monoisotopic (exact) mass is 822 g/mol. The minimum absolute atomic E-state index is 0.0736. The SMILES string of the molecule is CC/C=C\C/C=C\C/C=C\C/C=C\CCCCCCCCCCCCCCCCCCCCCCCCC(=O)NC(CO)C(O)/C=C/CC/C=C/CCCCCCCC. The predicted octanol–water partition coefficient (Wildman–Crippen LogP) is 16.6. The number of aliphatic hydroxyl groups is 2. The van der Waals surface area contributed by atoms with Crippen LogP contribution in [0.4, 0.5) is 0 Å². The van der Waals surface area contributed by atoms with Gasteiger partial charge in [-0.15, -0.1) is 0 Å². The van der Waals surface area contributed by atoms with E-state index in [0.29, 0.717) is 6.42 Å². The van der Waals surface area contributed by atoms with E-state index >= 15 is 0 Å². The van der Waals surface area contributed by atoms with Crippen molar-refractivity contribution in [2.75, 3.05) is 6.61 Å². The van der Waals surface area contributed by atoms with Crippen molar-refractivity contribution >= 4 is 5.91 Å². The molecule has 0 saturated carbocycles. The lowest BCUT2D eigenvalue weighted by molar-refractivity contribution is -0.123. The number of hydrogen-bond donors (Lipinski definition) is 3. The Morgan fingerprint density at radius 2 is 0.763 bits per heavy atom. The Bertz CT molecular complexity index is 1020. The minimum atomic E-state index is -0.861. The lowest BCUT2D eigenvalue weighted by Gasteiger charge is -2.19. The summed E-state index contributed by atoms with van der Waals surface area (Å²) in [6.45, 7) is 4.17. The molecule has 0 aliphatic rings. The average Bonchev–Trinajstić information content (AvgIpc) is 3.24. The van der Waals surface area contributed by atoms with Crippen molar-refractivity contribution in [3.8, 4) is 0 Å². The van der Waals surface area contributed by atoms with Gasteiger partial charge >= 0.3 is 0 Å². The standard InChI is InChI=1S/C55H99NO3/c1-3-5-7-9-11-13-15-17-18-19-20-21-22-23-24-25-26-27-28-29-30-31-32-33-34-35-36-37-38-39-41-43-45-47-49-51-55(59)56-53(52-57)54(58)50-48-46-44-42-40-16-14-12-10-8-6-4-2/h5,7,11,13,17-18,20-21,40,42,48,50,53-54,57-58H,3-4,6,8-10,12,14-16,19,22-39,41,43-47,49,51-52H2,1-2H3,(H,56,59)/b7-5-,13-11-,18-17-,21-20-,42-40+,50-48+. The molecule has 0 spiro atoms. The smallest absolute Gasteiger partial charge is 0.220 e. The molecule has 0 fully saturated rings. The van der Waals surface area contributed by atoms with E-state index < -0.39 is 12.1 Å². The van der Waals surface area contributed by atoms with Gasteiger partial charge in [-0.3, -0.25) is 4.79 Å². The summed E-state index contributed by atoms with van der Waals surface area (Å²) in [6, 6.07) is -0.638. The van der Waals surface area contributed by atoms with E-state index in [1.165, 1.54) is 173 Å². The molecule has 0 aliphatic heterocycles. The predicted molar refractivity (Wildman–Crippen MR) is 262 cm³/mol. The van der Waals surface area contributed by atoms with Crippen LogP contribution in [0.15, 0.2) is 72.9 Å². The summed E-state index contributed by atoms with van der Waals surface area (Å²) in [5.41, 5.74) is 0. The summed E-state index contributed by atoms with van der Waals surface area (Å²) in [5.74, 6) is -0.0736. The zero-order valence-electron chi connectivity index (χ0n) is 39.3. The van der Waals surface area contributed by atoms with Gasteiger partial charge in [0, 0.05) is 6.42 Å². The molecule has 3 N–H and O–H groups in total. The van der Waals surface area contributed by atoms with Crippen LogP contribution < -0.4 is 5.32 Å². The number of nitrogens with one attached hydrogen (secondary N) is 1. The normalized spacial score (nSPS) is 13.5. The second-order valence-electron chi connectivity index (χ2n) is 17.2. The summed E-state index contributed by atoms with van der Waals surface area (Å²) in [6.07, 6.45) is 72.0. The maximum Gasteiger partial charge on any atom is 0.220 e. The molecule has 0 aromatic heterocycles. The van der Waals surface area contributed by atoms with Gasteiger partial charge in [0.25, 0.3) is 0 Å². The first-order valence-electron chi connectivity index (χ1n) is 25.7. The Kier molecular flexibility index (Phi) is 48.3. The molecule has 0 aromatic carbocycles. The van der Waals surface area contributed by atoms with E-state index in [-0.39, 0.29) is 12.5 Å². The quantitative estimate of drug-likeness (QED) is 0.0423. The molecule has 0 aromatic rings. The summed E-state index contributed by atoms with van der Waals surface area (Å²) < 4.78 is 0. The second-order valence-corrected chi connectivity index (χ2v) is 17.2. The van der Waals surface area contributed by atoms with E-state index in [2.05, 4.69) is 79.9 Å². The fourth-order valence-corrected chi connectivity index (χ4v) is 7.54. The number of amides is 1. The summed E-state index contributed by atoms with van der Waals surface area (Å²) in [5, 5.41) is 23.0. The number of carbonyl (C=O) groups is 1. The first kappa shape index (κ1) is 56.8. The van der Waals surface area contributed by atoms with Crippen LogP contribution in [-0.4, -0.2) is 34.9 Å². The molecular weight excluding hydrogens is 723 g/mol. The molecule has 4 nitrogen and oxygen atoms in total. The van der Waals surface area contributed by atoms with Gasteiger partial charge in [-0.1, -0.05) is 247 Å². The van der Waals surface area contributed by atoms with E-state index in [1.807, 2.05) is 6.08 Å². The van der Waals surface area contributed by atoms with E-state index in [0.717, 1.165) is 57.8 Å². The molecule has 59 heavy (non-hydrogen) atoms. The van der Waals surface area contributed by atoms with Crippen LogP contribution in [0.1, 0.15) is 251 Å². The van der Waals surface area contributed by atoms with Crippen molar-refractivity contribution in [1.82, 2.24) is 5.32 Å². The zero-order chi connectivity index (χ0) is 42.8. The molecule has 1 amide bonds. The van der Waals surface area contributed by atoms with Gasteiger partial charge in [-0.25, -0.2) is 0 Å². The Morgan fingerprint density at radius 3 is 1.19 bits per heavy atom. The van der Waals surface area contributed by atoms with Crippen LogP contribution in [0.25, 0.3) is 0 Å². The first-order chi connectivity index (χ1) is 29.2. The van der Waals surface area contributed by atoms with Crippen LogP contribution in [0.2, 0.25) is 0 Å². The molecule has 0 heterocycles. The van der Waals surface area contributed by atoms with Crippen molar-refractivity contribution in [2.45, 2.75) is 264 Å². The fraction of sp³-hybridized carbons (Fsp3) is 0.764. The molecule has 2 atom stereocenters. The number of rotatable bonds is 46. The number of carbonyl (C=O) groups excluding carboxylic acids is 1. The van der Waals surface area contributed by atoms with Crippen LogP contribution in [0.5, 0.6) is 0 Å². The maximum absolute atomic E-state index is 12.4. The molecule has 0 bridgehead atoms. The maximum atomic E-state index is 12.4. The van der Waals surface area contributed by atoms with Crippen LogP contribution in [-0.2, 0) is 4.79 Å². The van der Waals surface area contributed by atoms with Crippen LogP contribution in [0, 0.1) is 0 Å². The topological polar surface area (TPSA) is 69.6 Å². The highest BCUT2D eigenvalue weighted by molar-refractivity contribution is 5.76. The van der Waals surface area contributed by atoms with E-state index in [4.69, 9.17) is 0 Å². The number of unbranched alkanes of at least 4 members (excludes halogenated alkanes) is 29. The third kappa shape index (κ3) is 46.7. The molecule has 2 unspecified atom stereocenters. The molecule has 342 valence electrons. The summed E-state index contributed by atoms with van der Waals surface area (Å²) in [4.78, 5) is 12.4. The van der Waals surface area contributed by atoms with Gasteiger partial charge in [0.2, 0.25) is 5.91 Å². The number of aliphatic hydroxyl groups excluding tert-OH is 2. The van der Waals surface area contributed by atoms with Crippen molar-refractivity contribution in [2.24, 2.45) is 0 Å². The third-order valence-electron chi connectivity index (χ3n) is 11.4. The van der Waals surface area contributed by atoms with Gasteiger partial charge < -0.3 is 15.5 Å². The summed E-state index contributed by atoms with van der Waals surface area (Å²) in [7, 11) is 0. The number of allylic oxidation sites excluding steroid dienone is 11. The van der Waals surface area contributed by atoms with Gasteiger partial charge in [0.15, 0.2) is 0 Å². The molecule has 4 heteroatoms. The van der Waals surface area contributed by atoms with Crippen molar-refractivity contribution < 1.29 is 15.0 Å². The van der Waals surface area contributed by atoms with Crippen LogP contribution in [0.3, 0.4) is 0 Å². The van der Waals surface area contributed by atoms with Crippen LogP contribution >= 0.6 is 0 Å². The van der Waals surface area contributed by atoms with Gasteiger partial charge in [0.1, 0.15) is 0 Å². The van der Waals surface area contributed by atoms with Crippen molar-refractivity contribution in [3.05, 3.63) is 72.9 Å². The lowest BCUT2D eigenvalue weighted by atomic mass is 10.0. The minimum Gasteiger partial charge on any atom is -0.394 e. The first-order valence-corrected chi connectivity index (χ1v) is 25.7. The molecular formula is C55H99NO3. The highest BCUT2D eigenvalue weighted by Crippen LogP contribution is 2.16. The largest absolute Gasteiger partial charge is 0.394 e. The molecule has 0 rings (SSSR count). The molecule has 0 radical (unpaired) electrons. The Hall–Kier alpha value is -2.17. The van der Waals surface area contributed by atoms with E-state index in [1.54, 1.807) is 6.08 Å². The Labute approximate surface area is 368 Å². The second kappa shape index (κ2) is 50.2. The third-order valence-corrected chi connectivity index (χ3v) is 11.4. The van der Waals surface area contributed by atoms with E-state index in [9.17, 15) is 15.0 Å². The van der Waals surface area contributed by atoms with Gasteiger partial charge in [-0.05, 0) is 70.6 Å². The summed E-state index contributed by atoms with van der Waals surface area (Å²) >= 11 is 0. The fourth-order valence-electron chi connectivity index (χ4n) is 7.54. The number of hydrogen-bond acceptors (Lipinski definition) is 3. The van der Waals surface area contributed by atoms with Crippen molar-refractivity contribution in [3.63, 3.8) is 0 Å². The Balaban J connectivity index is 3.44. The Morgan fingerprint density at radius 1 is 0.424 bits per heavy atom. The average molecular weight is 822 g/mol. The van der Waals surface area contributed by atoms with Crippen molar-refractivity contribution in [1.29, 1.82) is 0 Å². The van der Waals surface area contributed by atoms with Gasteiger partial charge in [-0.2, -0.15) is 0 Å².